The molecule has 124 valence electrons. The van der Waals surface area contributed by atoms with Gasteiger partial charge in [-0.25, -0.2) is 8.78 Å². The van der Waals surface area contributed by atoms with Gasteiger partial charge in [0.1, 0.15) is 17.7 Å². The Morgan fingerprint density at radius 1 is 1.04 bits per heavy atom. The second-order valence-electron chi connectivity index (χ2n) is 5.12. The van der Waals surface area contributed by atoms with Crippen LogP contribution in [0.2, 0.25) is 0 Å². The van der Waals surface area contributed by atoms with Gasteiger partial charge in [0.05, 0.1) is 0 Å². The van der Waals surface area contributed by atoms with Gasteiger partial charge in [0.2, 0.25) is 11.8 Å². The third kappa shape index (κ3) is 4.74. The number of amides is 2. The van der Waals surface area contributed by atoms with E-state index in [1.165, 1.54) is 6.07 Å². The minimum Gasteiger partial charge on any atom is -0.368 e. The van der Waals surface area contributed by atoms with Gasteiger partial charge in [-0.05, 0) is 23.8 Å². The minimum atomic E-state index is -0.921. The third-order valence-corrected chi connectivity index (χ3v) is 3.34. The summed E-state index contributed by atoms with van der Waals surface area (Å²) in [4.78, 5) is 23.4. The predicted octanol–water partition coefficient (Wildman–Crippen LogP) is 2.19. The fourth-order valence-electron chi connectivity index (χ4n) is 2.12. The van der Waals surface area contributed by atoms with Gasteiger partial charge in [0, 0.05) is 18.1 Å². The summed E-state index contributed by atoms with van der Waals surface area (Å²) in [6.07, 6.45) is 2.20. The Morgan fingerprint density at radius 2 is 1.67 bits per heavy atom. The molecule has 0 saturated carbocycles. The number of rotatable bonds is 6. The summed E-state index contributed by atoms with van der Waals surface area (Å²) < 4.78 is 27.0. The molecular formula is C18H16F2N2O2. The number of carbonyl (C=O) groups excluding carboxylic acids is 2. The molecule has 0 saturated heterocycles. The minimum absolute atomic E-state index is 0.226. The molecule has 2 aromatic carbocycles. The van der Waals surface area contributed by atoms with Crippen molar-refractivity contribution in [2.75, 3.05) is 0 Å². The maximum atomic E-state index is 13.5. The first kappa shape index (κ1) is 17.3. The van der Waals surface area contributed by atoms with Crippen LogP contribution in [0.25, 0.3) is 6.08 Å². The van der Waals surface area contributed by atoms with E-state index in [4.69, 9.17) is 5.73 Å². The van der Waals surface area contributed by atoms with Gasteiger partial charge >= 0.3 is 0 Å². The molecule has 0 bridgehead atoms. The Kier molecular flexibility index (Phi) is 5.78. The molecule has 0 radical (unpaired) electrons. The molecule has 6 heteroatoms. The molecular weight excluding hydrogens is 314 g/mol. The summed E-state index contributed by atoms with van der Waals surface area (Å²) in [5, 5.41) is 2.43. The predicted molar refractivity (Wildman–Crippen MR) is 86.7 cm³/mol. The van der Waals surface area contributed by atoms with E-state index in [0.717, 1.165) is 29.8 Å². The van der Waals surface area contributed by atoms with Crippen LogP contribution in [0, 0.1) is 11.6 Å². The van der Waals surface area contributed by atoms with Crippen LogP contribution >= 0.6 is 0 Å². The molecule has 2 amide bonds. The van der Waals surface area contributed by atoms with Crippen molar-refractivity contribution in [1.29, 1.82) is 0 Å². The van der Waals surface area contributed by atoms with Crippen LogP contribution < -0.4 is 11.1 Å². The highest BCUT2D eigenvalue weighted by Gasteiger charge is 2.17. The first-order valence-corrected chi connectivity index (χ1v) is 7.23. The number of halogens is 2. The molecule has 0 fully saturated rings. The smallest absolute Gasteiger partial charge is 0.244 e. The lowest BCUT2D eigenvalue weighted by Gasteiger charge is -2.14. The largest absolute Gasteiger partial charge is 0.368 e. The summed E-state index contributed by atoms with van der Waals surface area (Å²) in [5.41, 5.74) is 5.79. The van der Waals surface area contributed by atoms with Crippen LogP contribution in [0.15, 0.2) is 54.6 Å². The van der Waals surface area contributed by atoms with Crippen molar-refractivity contribution in [3.63, 3.8) is 0 Å². The SMILES string of the molecule is NC(=O)[C@H](Cc1ccccc1)NC(=O)/C=C/c1c(F)cccc1F. The Hall–Kier alpha value is -3.02. The van der Waals surface area contributed by atoms with Crippen LogP contribution in [0.3, 0.4) is 0 Å². The number of primary amides is 1. The maximum Gasteiger partial charge on any atom is 0.244 e. The average molecular weight is 330 g/mol. The van der Waals surface area contributed by atoms with E-state index in [-0.39, 0.29) is 12.0 Å². The zero-order valence-corrected chi connectivity index (χ0v) is 12.7. The number of nitrogens with one attached hydrogen (secondary N) is 1. The molecule has 0 aliphatic carbocycles. The highest BCUT2D eigenvalue weighted by Crippen LogP contribution is 2.13. The molecule has 2 rings (SSSR count). The van der Waals surface area contributed by atoms with Crippen molar-refractivity contribution in [2.24, 2.45) is 5.73 Å². The third-order valence-electron chi connectivity index (χ3n) is 3.34. The van der Waals surface area contributed by atoms with Gasteiger partial charge in [0.25, 0.3) is 0 Å². The Morgan fingerprint density at radius 3 is 2.25 bits per heavy atom. The van der Waals surface area contributed by atoms with Crippen molar-refractivity contribution in [3.8, 4) is 0 Å². The molecule has 24 heavy (non-hydrogen) atoms. The summed E-state index contributed by atoms with van der Waals surface area (Å²) in [6.45, 7) is 0. The van der Waals surface area contributed by atoms with Gasteiger partial charge in [-0.3, -0.25) is 9.59 Å². The number of carbonyl (C=O) groups is 2. The lowest BCUT2D eigenvalue weighted by atomic mass is 10.1. The average Bonchev–Trinajstić information content (AvgIpc) is 2.54. The summed E-state index contributed by atoms with van der Waals surface area (Å²) in [5.74, 6) is -2.93. The van der Waals surface area contributed by atoms with Gasteiger partial charge in [0.15, 0.2) is 0 Å². The van der Waals surface area contributed by atoms with E-state index in [1.807, 2.05) is 6.07 Å². The molecule has 0 heterocycles. The van der Waals surface area contributed by atoms with E-state index in [1.54, 1.807) is 24.3 Å². The monoisotopic (exact) mass is 330 g/mol. The second-order valence-corrected chi connectivity index (χ2v) is 5.12. The van der Waals surface area contributed by atoms with Crippen molar-refractivity contribution in [1.82, 2.24) is 5.32 Å². The summed E-state index contributed by atoms with van der Waals surface area (Å²) >= 11 is 0. The van der Waals surface area contributed by atoms with Crippen molar-refractivity contribution < 1.29 is 18.4 Å². The lowest BCUT2D eigenvalue weighted by molar-refractivity contribution is -0.124. The Labute approximate surface area is 138 Å². The number of hydrogen-bond acceptors (Lipinski definition) is 2. The lowest BCUT2D eigenvalue weighted by Crippen LogP contribution is -2.45. The van der Waals surface area contributed by atoms with Crippen LogP contribution in [-0.2, 0) is 16.0 Å². The van der Waals surface area contributed by atoms with Crippen LogP contribution in [0.5, 0.6) is 0 Å². The standard InChI is InChI=1S/C18H16F2N2O2/c19-14-7-4-8-15(20)13(14)9-10-17(23)22-16(18(21)24)11-12-5-2-1-3-6-12/h1-10,16H,11H2,(H2,21,24)(H,22,23)/b10-9+/t16-/m0/s1. The molecule has 0 spiro atoms. The molecule has 1 atom stereocenters. The molecule has 4 nitrogen and oxygen atoms in total. The highest BCUT2D eigenvalue weighted by atomic mass is 19.1. The van der Waals surface area contributed by atoms with Crippen molar-refractivity contribution >= 4 is 17.9 Å². The normalized spacial score (nSPS) is 12.1. The summed E-state index contributed by atoms with van der Waals surface area (Å²) in [7, 11) is 0. The highest BCUT2D eigenvalue weighted by molar-refractivity contribution is 5.95. The van der Waals surface area contributed by atoms with E-state index < -0.39 is 29.5 Å². The molecule has 0 aromatic heterocycles. The fourth-order valence-corrected chi connectivity index (χ4v) is 2.12. The van der Waals surface area contributed by atoms with Gasteiger partial charge in [-0.15, -0.1) is 0 Å². The maximum absolute atomic E-state index is 13.5. The van der Waals surface area contributed by atoms with Crippen LogP contribution in [0.4, 0.5) is 8.78 Å². The van der Waals surface area contributed by atoms with Gasteiger partial charge < -0.3 is 11.1 Å². The zero-order valence-electron chi connectivity index (χ0n) is 12.7. The number of benzene rings is 2. The number of nitrogens with two attached hydrogens (primary N) is 1. The molecule has 0 unspecified atom stereocenters. The topological polar surface area (TPSA) is 72.2 Å². The first-order chi connectivity index (χ1) is 11.5. The van der Waals surface area contributed by atoms with Crippen molar-refractivity contribution in [3.05, 3.63) is 77.4 Å². The van der Waals surface area contributed by atoms with Crippen LogP contribution in [-0.4, -0.2) is 17.9 Å². The molecule has 3 N–H and O–H groups in total. The molecule has 0 aliphatic heterocycles. The summed E-state index contributed by atoms with van der Waals surface area (Å²) in [6, 6.07) is 11.5. The molecule has 0 aliphatic rings. The fraction of sp³-hybridized carbons (Fsp3) is 0.111. The Balaban J connectivity index is 2.06. The zero-order chi connectivity index (χ0) is 17.5. The van der Waals surface area contributed by atoms with E-state index in [0.29, 0.717) is 0 Å². The van der Waals surface area contributed by atoms with Crippen molar-refractivity contribution in [2.45, 2.75) is 12.5 Å². The van der Waals surface area contributed by atoms with E-state index in [2.05, 4.69) is 5.32 Å². The van der Waals surface area contributed by atoms with E-state index in [9.17, 15) is 18.4 Å². The van der Waals surface area contributed by atoms with E-state index >= 15 is 0 Å². The van der Waals surface area contributed by atoms with Gasteiger partial charge in [-0.1, -0.05) is 36.4 Å². The number of hydrogen-bond donors (Lipinski definition) is 2. The first-order valence-electron chi connectivity index (χ1n) is 7.23. The van der Waals surface area contributed by atoms with Crippen LogP contribution in [0.1, 0.15) is 11.1 Å². The second kappa shape index (κ2) is 8.01. The Bertz CT molecular complexity index is 741. The molecule has 2 aromatic rings. The van der Waals surface area contributed by atoms with Gasteiger partial charge in [-0.2, -0.15) is 0 Å². The quantitative estimate of drug-likeness (QED) is 0.797.